The summed E-state index contributed by atoms with van der Waals surface area (Å²) in [5.74, 6) is -1.45. The van der Waals surface area contributed by atoms with Crippen LogP contribution >= 0.6 is 0 Å². The molecule has 0 aliphatic rings. The second-order valence-corrected chi connectivity index (χ2v) is 5.73. The highest BCUT2D eigenvalue weighted by atomic mass is 19.1. The predicted molar refractivity (Wildman–Crippen MR) is 88.8 cm³/mol. The highest BCUT2D eigenvalue weighted by molar-refractivity contribution is 5.92. The summed E-state index contributed by atoms with van der Waals surface area (Å²) in [6.07, 6.45) is 0. The minimum atomic E-state index is -0.444. The monoisotopic (exact) mass is 338 g/mol. The fourth-order valence-electron chi connectivity index (χ4n) is 1.92. The summed E-state index contributed by atoms with van der Waals surface area (Å²) in [4.78, 5) is 36.5. The second kappa shape index (κ2) is 9.61. The van der Waals surface area contributed by atoms with E-state index in [1.165, 1.54) is 23.1 Å². The van der Waals surface area contributed by atoms with Crippen LogP contribution in [0, 0.1) is 5.82 Å². The van der Waals surface area contributed by atoms with Gasteiger partial charge in [0.15, 0.2) is 0 Å². The van der Waals surface area contributed by atoms with Gasteiger partial charge in [-0.15, -0.1) is 0 Å². The molecule has 3 N–H and O–H groups in total. The Bertz CT molecular complexity index is 592. The smallest absolute Gasteiger partial charge is 0.239 e. The molecule has 3 amide bonds. The van der Waals surface area contributed by atoms with Gasteiger partial charge in [-0.3, -0.25) is 19.3 Å². The lowest BCUT2D eigenvalue weighted by atomic mass is 10.3. The molecule has 24 heavy (non-hydrogen) atoms. The molecule has 0 aliphatic carbocycles. The third kappa shape index (κ3) is 8.23. The normalized spacial score (nSPS) is 10.6. The Balaban J connectivity index is 2.31. The van der Waals surface area contributed by atoms with Gasteiger partial charge in [-0.25, -0.2) is 4.39 Å². The van der Waals surface area contributed by atoms with Crippen molar-refractivity contribution in [2.75, 3.05) is 32.0 Å². The molecule has 0 aliphatic heterocycles. The van der Waals surface area contributed by atoms with Gasteiger partial charge in [-0.2, -0.15) is 0 Å². The summed E-state index contributed by atoms with van der Waals surface area (Å²) in [6.45, 7) is 3.46. The molecule has 1 aromatic carbocycles. The van der Waals surface area contributed by atoms with E-state index in [0.717, 1.165) is 0 Å². The van der Waals surface area contributed by atoms with Crippen LogP contribution in [0.3, 0.4) is 0 Å². The maximum absolute atomic E-state index is 13.0. The van der Waals surface area contributed by atoms with Crippen LogP contribution in [0.5, 0.6) is 0 Å². The maximum Gasteiger partial charge on any atom is 0.239 e. The van der Waals surface area contributed by atoms with E-state index >= 15 is 0 Å². The van der Waals surface area contributed by atoms with Gasteiger partial charge in [0.2, 0.25) is 17.7 Å². The third-order valence-electron chi connectivity index (χ3n) is 2.83. The van der Waals surface area contributed by atoms with Crippen LogP contribution in [0.15, 0.2) is 24.3 Å². The number of benzene rings is 1. The Labute approximate surface area is 140 Å². The molecule has 8 heteroatoms. The highest BCUT2D eigenvalue weighted by Gasteiger charge is 2.12. The van der Waals surface area contributed by atoms with Crippen molar-refractivity contribution in [3.8, 4) is 0 Å². The number of hydrogen-bond donors (Lipinski definition) is 3. The Kier molecular flexibility index (Phi) is 7.84. The summed E-state index contributed by atoms with van der Waals surface area (Å²) in [7, 11) is 1.60. The van der Waals surface area contributed by atoms with Crippen LogP contribution in [0.2, 0.25) is 0 Å². The number of anilines is 1. The first kappa shape index (κ1) is 19.6. The quantitative estimate of drug-likeness (QED) is 0.637. The number of carbonyl (C=O) groups is 3. The third-order valence-corrected chi connectivity index (χ3v) is 2.83. The number of likely N-dealkylation sites (N-methyl/N-ethyl adjacent to an activating group) is 1. The minimum absolute atomic E-state index is 0.00333. The summed E-state index contributed by atoms with van der Waals surface area (Å²) in [6, 6.07) is 5.55. The number of amides is 3. The van der Waals surface area contributed by atoms with Gasteiger partial charge in [0.25, 0.3) is 0 Å². The molecule has 0 bridgehead atoms. The van der Waals surface area contributed by atoms with Crippen molar-refractivity contribution >= 4 is 23.4 Å². The molecule has 0 saturated heterocycles. The zero-order valence-electron chi connectivity index (χ0n) is 14.1. The first-order chi connectivity index (χ1) is 11.3. The van der Waals surface area contributed by atoms with Crippen LogP contribution in [-0.2, 0) is 14.4 Å². The second-order valence-electron chi connectivity index (χ2n) is 5.73. The zero-order valence-corrected chi connectivity index (χ0v) is 14.1. The number of carbonyl (C=O) groups excluding carboxylic acids is 3. The molecular formula is C16H23FN4O3. The van der Waals surface area contributed by atoms with E-state index in [-0.39, 0.29) is 43.4 Å². The molecule has 0 spiro atoms. The fraction of sp³-hybridized carbons (Fsp3) is 0.438. The van der Waals surface area contributed by atoms with Crippen molar-refractivity contribution < 1.29 is 18.8 Å². The lowest BCUT2D eigenvalue weighted by Gasteiger charge is -2.16. The van der Waals surface area contributed by atoms with Gasteiger partial charge in [0, 0.05) is 11.7 Å². The van der Waals surface area contributed by atoms with Crippen LogP contribution in [0.1, 0.15) is 13.8 Å². The molecule has 0 unspecified atom stereocenters. The zero-order chi connectivity index (χ0) is 18.1. The van der Waals surface area contributed by atoms with Crippen molar-refractivity contribution in [2.24, 2.45) is 0 Å². The molecular weight excluding hydrogens is 315 g/mol. The SMILES string of the molecule is CC(C)NC(=O)CNC(=O)CN(C)CC(=O)Nc1cccc(F)c1. The minimum Gasteiger partial charge on any atom is -0.352 e. The number of rotatable bonds is 8. The molecule has 0 atom stereocenters. The van der Waals surface area contributed by atoms with E-state index in [9.17, 15) is 18.8 Å². The van der Waals surface area contributed by atoms with E-state index in [2.05, 4.69) is 16.0 Å². The van der Waals surface area contributed by atoms with Gasteiger partial charge in [-0.1, -0.05) is 6.07 Å². The van der Waals surface area contributed by atoms with Crippen molar-refractivity contribution in [1.29, 1.82) is 0 Å². The molecule has 132 valence electrons. The number of hydrogen-bond acceptors (Lipinski definition) is 4. The number of nitrogens with one attached hydrogen (secondary N) is 3. The van der Waals surface area contributed by atoms with Crippen molar-refractivity contribution in [3.63, 3.8) is 0 Å². The van der Waals surface area contributed by atoms with Gasteiger partial charge in [0.05, 0.1) is 19.6 Å². The Morgan fingerprint density at radius 1 is 1.12 bits per heavy atom. The van der Waals surface area contributed by atoms with Crippen molar-refractivity contribution in [3.05, 3.63) is 30.1 Å². The topological polar surface area (TPSA) is 90.5 Å². The van der Waals surface area contributed by atoms with E-state index in [1.54, 1.807) is 13.1 Å². The summed E-state index contributed by atoms with van der Waals surface area (Å²) in [5, 5.41) is 7.67. The largest absolute Gasteiger partial charge is 0.352 e. The summed E-state index contributed by atoms with van der Waals surface area (Å²) < 4.78 is 13.0. The molecule has 7 nitrogen and oxygen atoms in total. The van der Waals surface area contributed by atoms with Crippen molar-refractivity contribution in [2.45, 2.75) is 19.9 Å². The van der Waals surface area contributed by atoms with Crippen molar-refractivity contribution in [1.82, 2.24) is 15.5 Å². The van der Waals surface area contributed by atoms with E-state index in [4.69, 9.17) is 0 Å². The van der Waals surface area contributed by atoms with Gasteiger partial charge >= 0.3 is 0 Å². The molecule has 0 aromatic heterocycles. The van der Waals surface area contributed by atoms with Crippen LogP contribution in [0.25, 0.3) is 0 Å². The average molecular weight is 338 g/mol. The number of halogens is 1. The molecule has 1 rings (SSSR count). The van der Waals surface area contributed by atoms with Gasteiger partial charge in [-0.05, 0) is 39.1 Å². The van der Waals surface area contributed by atoms with Gasteiger partial charge in [0.1, 0.15) is 5.82 Å². The van der Waals surface area contributed by atoms with E-state index in [0.29, 0.717) is 5.69 Å². The van der Waals surface area contributed by atoms with Crippen LogP contribution in [0.4, 0.5) is 10.1 Å². The Morgan fingerprint density at radius 3 is 2.42 bits per heavy atom. The van der Waals surface area contributed by atoms with Crippen LogP contribution in [-0.4, -0.2) is 55.3 Å². The highest BCUT2D eigenvalue weighted by Crippen LogP contribution is 2.08. The molecule has 0 fully saturated rings. The lowest BCUT2D eigenvalue weighted by molar-refractivity contribution is -0.127. The van der Waals surface area contributed by atoms with E-state index < -0.39 is 5.82 Å². The maximum atomic E-state index is 13.0. The average Bonchev–Trinajstić information content (AvgIpc) is 2.44. The Hall–Kier alpha value is -2.48. The van der Waals surface area contributed by atoms with Crippen LogP contribution < -0.4 is 16.0 Å². The molecule has 0 heterocycles. The van der Waals surface area contributed by atoms with Gasteiger partial charge < -0.3 is 16.0 Å². The molecule has 0 saturated carbocycles. The summed E-state index contributed by atoms with van der Waals surface area (Å²) >= 11 is 0. The first-order valence-electron chi connectivity index (χ1n) is 7.56. The first-order valence-corrected chi connectivity index (χ1v) is 7.56. The standard InChI is InChI=1S/C16H23FN4O3/c1-11(2)19-14(22)8-18-15(23)9-21(3)10-16(24)20-13-6-4-5-12(17)7-13/h4-7,11H,8-10H2,1-3H3,(H,18,23)(H,19,22)(H,20,24). The lowest BCUT2D eigenvalue weighted by Crippen LogP contribution is -2.44. The Morgan fingerprint density at radius 2 is 1.79 bits per heavy atom. The predicted octanol–water partition coefficient (Wildman–Crippen LogP) is 0.337. The molecule has 0 radical (unpaired) electrons. The number of nitrogens with zero attached hydrogens (tertiary/aromatic N) is 1. The molecule has 1 aromatic rings. The van der Waals surface area contributed by atoms with E-state index in [1.807, 2.05) is 13.8 Å². The summed E-state index contributed by atoms with van der Waals surface area (Å²) in [5.41, 5.74) is 0.350. The fourth-order valence-corrected chi connectivity index (χ4v) is 1.92.